The van der Waals surface area contributed by atoms with Gasteiger partial charge in [0.2, 0.25) is 0 Å². The molecular weight excluding hydrogens is 273 g/mol. The summed E-state index contributed by atoms with van der Waals surface area (Å²) in [7, 11) is 0. The van der Waals surface area contributed by atoms with Crippen molar-refractivity contribution in [2.75, 3.05) is 6.54 Å². The normalized spacial score (nSPS) is 12.6. The van der Waals surface area contributed by atoms with Gasteiger partial charge in [-0.1, -0.05) is 19.1 Å². The molecule has 1 rings (SSSR count). The van der Waals surface area contributed by atoms with Gasteiger partial charge in [-0.2, -0.15) is 0 Å². The fourth-order valence-electron chi connectivity index (χ4n) is 1.93. The number of carbonyl (C=O) groups excluding carboxylic acids is 2. The second kappa shape index (κ2) is 7.20. The molecule has 0 aromatic heterocycles. The van der Waals surface area contributed by atoms with E-state index in [0.717, 1.165) is 0 Å². The number of amides is 1. The van der Waals surface area contributed by atoms with Crippen LogP contribution in [0.25, 0.3) is 0 Å². The van der Waals surface area contributed by atoms with Crippen molar-refractivity contribution in [3.63, 3.8) is 0 Å². The highest BCUT2D eigenvalue weighted by Gasteiger charge is 2.28. The molecule has 0 heterocycles. The summed E-state index contributed by atoms with van der Waals surface area (Å²) in [6, 6.07) is 4.83. The van der Waals surface area contributed by atoms with Gasteiger partial charge in [-0.05, 0) is 44.9 Å². The van der Waals surface area contributed by atoms with E-state index in [4.69, 9.17) is 4.74 Å². The summed E-state index contributed by atoms with van der Waals surface area (Å²) >= 11 is 0. The Morgan fingerprint density at radius 1 is 1.43 bits per heavy atom. The highest BCUT2D eigenvalue weighted by molar-refractivity contribution is 5.75. The van der Waals surface area contributed by atoms with Crippen LogP contribution < -0.4 is 0 Å². The molecular formula is C16H22FNO3. The number of halogens is 1. The topological polar surface area (TPSA) is 46.6 Å². The monoisotopic (exact) mass is 295 g/mol. The summed E-state index contributed by atoms with van der Waals surface area (Å²) in [4.78, 5) is 25.0. The molecule has 0 radical (unpaired) electrons. The van der Waals surface area contributed by atoms with Crippen molar-refractivity contribution >= 4 is 12.4 Å². The van der Waals surface area contributed by atoms with E-state index in [2.05, 4.69) is 0 Å². The first-order chi connectivity index (χ1) is 9.78. The highest BCUT2D eigenvalue weighted by Crippen LogP contribution is 2.22. The van der Waals surface area contributed by atoms with Crippen molar-refractivity contribution in [2.45, 2.75) is 45.8 Å². The number of carbonyl (C=O) groups is 2. The summed E-state index contributed by atoms with van der Waals surface area (Å²) in [5, 5.41) is 0. The molecule has 1 aromatic carbocycles. The minimum Gasteiger partial charge on any atom is -0.444 e. The van der Waals surface area contributed by atoms with Crippen LogP contribution in [0.5, 0.6) is 0 Å². The van der Waals surface area contributed by atoms with Gasteiger partial charge in [-0.25, -0.2) is 9.18 Å². The van der Waals surface area contributed by atoms with Crippen molar-refractivity contribution in [1.82, 2.24) is 4.90 Å². The van der Waals surface area contributed by atoms with Crippen molar-refractivity contribution < 1.29 is 18.7 Å². The van der Waals surface area contributed by atoms with Crippen LogP contribution in [0.15, 0.2) is 24.3 Å². The third-order valence-electron chi connectivity index (χ3n) is 2.75. The summed E-state index contributed by atoms with van der Waals surface area (Å²) in [6.07, 6.45) is 0.721. The average molecular weight is 295 g/mol. The van der Waals surface area contributed by atoms with E-state index in [1.54, 1.807) is 26.8 Å². The Balaban J connectivity index is 3.06. The molecule has 1 amide bonds. The molecule has 0 bridgehead atoms. The largest absolute Gasteiger partial charge is 0.444 e. The summed E-state index contributed by atoms with van der Waals surface area (Å²) in [6.45, 7) is 7.52. The Hall–Kier alpha value is -1.91. The Morgan fingerprint density at radius 2 is 2.10 bits per heavy atom. The first-order valence-electron chi connectivity index (χ1n) is 6.99. The molecule has 0 aliphatic rings. The number of ether oxygens (including phenoxy) is 1. The van der Waals surface area contributed by atoms with Crippen LogP contribution in [0.3, 0.4) is 0 Å². The smallest absolute Gasteiger partial charge is 0.411 e. The second-order valence-corrected chi connectivity index (χ2v) is 5.81. The lowest BCUT2D eigenvalue weighted by atomic mass is 10.1. The molecule has 1 atom stereocenters. The predicted octanol–water partition coefficient (Wildman–Crippen LogP) is 3.71. The quantitative estimate of drug-likeness (QED) is 0.778. The molecule has 1 unspecified atom stereocenters. The fraction of sp³-hybridized carbons (Fsp3) is 0.500. The molecule has 0 saturated heterocycles. The van der Waals surface area contributed by atoms with Gasteiger partial charge >= 0.3 is 6.09 Å². The van der Waals surface area contributed by atoms with Crippen LogP contribution in [-0.4, -0.2) is 29.4 Å². The summed E-state index contributed by atoms with van der Waals surface area (Å²) < 4.78 is 18.7. The van der Waals surface area contributed by atoms with Crippen LogP contribution in [0.2, 0.25) is 0 Å². The van der Waals surface area contributed by atoms with Crippen LogP contribution in [0.1, 0.15) is 45.7 Å². The van der Waals surface area contributed by atoms with Crippen molar-refractivity contribution in [3.05, 3.63) is 35.6 Å². The van der Waals surface area contributed by atoms with Crippen molar-refractivity contribution in [3.8, 4) is 0 Å². The molecule has 0 N–H and O–H groups in total. The molecule has 1 aromatic rings. The van der Waals surface area contributed by atoms with Crippen LogP contribution in [0.4, 0.5) is 9.18 Å². The first kappa shape index (κ1) is 17.1. The number of rotatable bonds is 5. The van der Waals surface area contributed by atoms with Gasteiger partial charge in [0.25, 0.3) is 0 Å². The van der Waals surface area contributed by atoms with Gasteiger partial charge in [-0.3, -0.25) is 4.90 Å². The average Bonchev–Trinajstić information content (AvgIpc) is 2.36. The zero-order valence-corrected chi connectivity index (χ0v) is 12.9. The van der Waals surface area contributed by atoms with E-state index in [9.17, 15) is 14.0 Å². The van der Waals surface area contributed by atoms with Crippen molar-refractivity contribution in [2.24, 2.45) is 0 Å². The highest BCUT2D eigenvalue weighted by atomic mass is 19.1. The van der Waals surface area contributed by atoms with Gasteiger partial charge in [-0.15, -0.1) is 0 Å². The Labute approximate surface area is 124 Å². The number of hydrogen-bond acceptors (Lipinski definition) is 3. The minimum atomic E-state index is -0.851. The van der Waals surface area contributed by atoms with E-state index in [1.807, 2.05) is 6.92 Å². The molecule has 4 nitrogen and oxygen atoms in total. The number of aldehydes is 1. The molecule has 116 valence electrons. The van der Waals surface area contributed by atoms with E-state index in [-0.39, 0.29) is 0 Å². The fourth-order valence-corrected chi connectivity index (χ4v) is 1.93. The molecule has 0 aliphatic carbocycles. The predicted molar refractivity (Wildman–Crippen MR) is 78.4 cm³/mol. The van der Waals surface area contributed by atoms with E-state index >= 15 is 0 Å². The lowest BCUT2D eigenvalue weighted by Gasteiger charge is -2.31. The third-order valence-corrected chi connectivity index (χ3v) is 2.75. The van der Waals surface area contributed by atoms with Crippen LogP contribution >= 0.6 is 0 Å². The maximum Gasteiger partial charge on any atom is 0.411 e. The number of nitrogens with zero attached hydrogens (tertiary/aromatic N) is 1. The van der Waals surface area contributed by atoms with E-state index < -0.39 is 23.6 Å². The maximum atomic E-state index is 13.3. The summed E-state index contributed by atoms with van der Waals surface area (Å²) in [5.74, 6) is -0.444. The van der Waals surface area contributed by atoms with Crippen LogP contribution in [0, 0.1) is 5.82 Å². The van der Waals surface area contributed by atoms with Crippen LogP contribution in [-0.2, 0) is 9.53 Å². The Morgan fingerprint density at radius 3 is 2.57 bits per heavy atom. The Bertz CT molecular complexity index is 497. The van der Waals surface area contributed by atoms with Gasteiger partial charge in [0.1, 0.15) is 23.7 Å². The van der Waals surface area contributed by atoms with Gasteiger partial charge in [0.05, 0.1) is 0 Å². The SMILES string of the molecule is CCCN(C(=O)OC(C)(C)C)C(C=O)c1cccc(F)c1. The van der Waals surface area contributed by atoms with Crippen molar-refractivity contribution in [1.29, 1.82) is 0 Å². The summed E-state index contributed by atoms with van der Waals surface area (Å²) in [5.41, 5.74) is -0.220. The van der Waals surface area contributed by atoms with Gasteiger partial charge < -0.3 is 9.53 Å². The second-order valence-electron chi connectivity index (χ2n) is 5.81. The molecule has 0 aliphatic heterocycles. The molecule has 21 heavy (non-hydrogen) atoms. The van der Waals surface area contributed by atoms with Gasteiger partial charge in [0.15, 0.2) is 0 Å². The lowest BCUT2D eigenvalue weighted by Crippen LogP contribution is -2.40. The lowest BCUT2D eigenvalue weighted by molar-refractivity contribution is -0.112. The zero-order valence-electron chi connectivity index (χ0n) is 12.9. The number of hydrogen-bond donors (Lipinski definition) is 0. The standard InChI is InChI=1S/C16H22FNO3/c1-5-9-18(15(20)21-16(2,3)4)14(11-19)12-7-6-8-13(17)10-12/h6-8,10-11,14H,5,9H2,1-4H3. The molecule has 0 fully saturated rings. The zero-order chi connectivity index (χ0) is 16.0. The first-order valence-corrected chi connectivity index (χ1v) is 6.99. The third kappa shape index (κ3) is 5.17. The molecule has 5 heteroatoms. The molecule has 0 spiro atoms. The minimum absolute atomic E-state index is 0.356. The molecule has 0 saturated carbocycles. The number of benzene rings is 1. The van der Waals surface area contributed by atoms with Gasteiger partial charge in [0, 0.05) is 6.54 Å². The Kier molecular flexibility index (Phi) is 5.88. The van der Waals surface area contributed by atoms with E-state index in [0.29, 0.717) is 24.8 Å². The maximum absolute atomic E-state index is 13.3. The van der Waals surface area contributed by atoms with E-state index in [1.165, 1.54) is 23.1 Å².